The van der Waals surface area contributed by atoms with E-state index in [0.717, 1.165) is 5.56 Å². The molecule has 1 aromatic rings. The van der Waals surface area contributed by atoms with E-state index < -0.39 is 18.0 Å². The van der Waals surface area contributed by atoms with Gasteiger partial charge in [-0.3, -0.25) is 9.59 Å². The van der Waals surface area contributed by atoms with Crippen molar-refractivity contribution in [3.05, 3.63) is 35.9 Å². The van der Waals surface area contributed by atoms with Crippen LogP contribution in [0.15, 0.2) is 30.3 Å². The molecule has 0 aromatic heterocycles. The minimum atomic E-state index is -1.05. The summed E-state index contributed by atoms with van der Waals surface area (Å²) in [5.74, 6) is -2.09. The van der Waals surface area contributed by atoms with E-state index in [-0.39, 0.29) is 13.0 Å². The fourth-order valence-electron chi connectivity index (χ4n) is 1.30. The van der Waals surface area contributed by atoms with Gasteiger partial charge in [0.2, 0.25) is 0 Å². The van der Waals surface area contributed by atoms with Crippen LogP contribution in [0.5, 0.6) is 0 Å². The van der Waals surface area contributed by atoms with Gasteiger partial charge in [-0.1, -0.05) is 30.3 Å². The lowest BCUT2D eigenvalue weighted by atomic mass is 10.1. The average Bonchev–Trinajstić information content (AvgIpc) is 2.28. The molecule has 92 valence electrons. The molecular weight excluding hydrogens is 224 g/mol. The Kier molecular flexibility index (Phi) is 5.12. The molecule has 0 aliphatic heterocycles. The maximum Gasteiger partial charge on any atom is 0.322 e. The third kappa shape index (κ3) is 5.10. The molecule has 6 heteroatoms. The molecule has 0 saturated heterocycles. The van der Waals surface area contributed by atoms with Gasteiger partial charge >= 0.3 is 11.9 Å². The fourth-order valence-corrected chi connectivity index (χ4v) is 1.30. The standard InChI is InChI=1S/C11H14N2O4/c14-10(15)7-12-13-9(11(16)17)6-8-4-2-1-3-5-8/h1-5,9,12-13H,6-7H2,(H,14,15)(H,16,17)/t9-/m0/s1. The number of aliphatic carboxylic acids is 2. The molecule has 0 aliphatic rings. The Morgan fingerprint density at radius 2 is 1.82 bits per heavy atom. The topological polar surface area (TPSA) is 98.7 Å². The summed E-state index contributed by atoms with van der Waals surface area (Å²) >= 11 is 0. The van der Waals surface area contributed by atoms with E-state index >= 15 is 0 Å². The second kappa shape index (κ2) is 6.62. The number of carboxylic acid groups (broad SMARTS) is 2. The van der Waals surface area contributed by atoms with Crippen LogP contribution < -0.4 is 10.9 Å². The minimum Gasteiger partial charge on any atom is -0.480 e. The lowest BCUT2D eigenvalue weighted by Gasteiger charge is -2.14. The van der Waals surface area contributed by atoms with Gasteiger partial charge in [0.25, 0.3) is 0 Å². The Bertz CT molecular complexity index is 380. The van der Waals surface area contributed by atoms with Crippen molar-refractivity contribution in [3.63, 3.8) is 0 Å². The number of carboxylic acids is 2. The Balaban J connectivity index is 2.49. The highest BCUT2D eigenvalue weighted by Gasteiger charge is 2.17. The van der Waals surface area contributed by atoms with Gasteiger partial charge in [0.05, 0.1) is 0 Å². The van der Waals surface area contributed by atoms with Crippen LogP contribution in [0.1, 0.15) is 5.56 Å². The van der Waals surface area contributed by atoms with Crippen molar-refractivity contribution >= 4 is 11.9 Å². The van der Waals surface area contributed by atoms with E-state index in [1.807, 2.05) is 30.3 Å². The summed E-state index contributed by atoms with van der Waals surface area (Å²) in [6.45, 7) is -0.335. The summed E-state index contributed by atoms with van der Waals surface area (Å²) in [6, 6.07) is 8.24. The molecule has 0 aliphatic carbocycles. The summed E-state index contributed by atoms with van der Waals surface area (Å²) in [5.41, 5.74) is 5.69. The fraction of sp³-hybridized carbons (Fsp3) is 0.273. The molecule has 0 unspecified atom stereocenters. The molecule has 17 heavy (non-hydrogen) atoms. The number of hydrogen-bond donors (Lipinski definition) is 4. The molecule has 1 aromatic carbocycles. The van der Waals surface area contributed by atoms with Crippen molar-refractivity contribution in [1.82, 2.24) is 10.9 Å². The highest BCUT2D eigenvalue weighted by molar-refractivity contribution is 5.74. The number of carbonyl (C=O) groups is 2. The number of nitrogens with one attached hydrogen (secondary N) is 2. The van der Waals surface area contributed by atoms with Gasteiger partial charge in [0, 0.05) is 0 Å². The van der Waals surface area contributed by atoms with Crippen LogP contribution in [0.4, 0.5) is 0 Å². The van der Waals surface area contributed by atoms with Gasteiger partial charge in [-0.15, -0.1) is 0 Å². The van der Waals surface area contributed by atoms with Crippen LogP contribution in [0.25, 0.3) is 0 Å². The third-order valence-corrected chi connectivity index (χ3v) is 2.10. The maximum atomic E-state index is 10.9. The number of hydrazine groups is 1. The van der Waals surface area contributed by atoms with Gasteiger partial charge in [-0.2, -0.15) is 0 Å². The molecule has 0 spiro atoms. The first-order valence-electron chi connectivity index (χ1n) is 5.06. The molecule has 1 rings (SSSR count). The van der Waals surface area contributed by atoms with Crippen LogP contribution in [0.2, 0.25) is 0 Å². The van der Waals surface area contributed by atoms with Gasteiger partial charge in [-0.25, -0.2) is 10.9 Å². The van der Waals surface area contributed by atoms with Crippen LogP contribution in [-0.4, -0.2) is 34.7 Å². The van der Waals surface area contributed by atoms with Gasteiger partial charge in [0.1, 0.15) is 12.6 Å². The first kappa shape index (κ1) is 13.1. The predicted octanol–water partition coefficient (Wildman–Crippen LogP) is -0.139. The van der Waals surface area contributed by atoms with Gasteiger partial charge in [0.15, 0.2) is 0 Å². The summed E-state index contributed by atoms with van der Waals surface area (Å²) in [4.78, 5) is 21.2. The zero-order valence-electron chi connectivity index (χ0n) is 9.09. The van der Waals surface area contributed by atoms with Crippen LogP contribution >= 0.6 is 0 Å². The largest absolute Gasteiger partial charge is 0.480 e. The third-order valence-electron chi connectivity index (χ3n) is 2.10. The van der Waals surface area contributed by atoms with Crippen molar-refractivity contribution < 1.29 is 19.8 Å². The normalized spacial score (nSPS) is 12.0. The van der Waals surface area contributed by atoms with E-state index in [4.69, 9.17) is 10.2 Å². The second-order valence-electron chi connectivity index (χ2n) is 3.47. The van der Waals surface area contributed by atoms with Crippen LogP contribution in [-0.2, 0) is 16.0 Å². The smallest absolute Gasteiger partial charge is 0.322 e. The van der Waals surface area contributed by atoms with Crippen molar-refractivity contribution in [3.8, 4) is 0 Å². The van der Waals surface area contributed by atoms with E-state index in [2.05, 4.69) is 10.9 Å². The molecule has 4 N–H and O–H groups in total. The number of hydrogen-bond acceptors (Lipinski definition) is 4. The van der Waals surface area contributed by atoms with Crippen molar-refractivity contribution in [1.29, 1.82) is 0 Å². The van der Waals surface area contributed by atoms with Gasteiger partial charge < -0.3 is 10.2 Å². The lowest BCUT2D eigenvalue weighted by molar-refractivity contribution is -0.141. The van der Waals surface area contributed by atoms with E-state index in [0.29, 0.717) is 0 Å². The molecule has 1 atom stereocenters. The Morgan fingerprint density at radius 3 is 2.35 bits per heavy atom. The summed E-state index contributed by atoms with van der Waals surface area (Å²) in [5, 5.41) is 17.4. The Morgan fingerprint density at radius 1 is 1.18 bits per heavy atom. The zero-order chi connectivity index (χ0) is 12.7. The van der Waals surface area contributed by atoms with Gasteiger partial charge in [-0.05, 0) is 12.0 Å². The number of rotatable bonds is 7. The molecule has 0 fully saturated rings. The average molecular weight is 238 g/mol. The molecular formula is C11H14N2O4. The molecule has 0 bridgehead atoms. The van der Waals surface area contributed by atoms with Crippen molar-refractivity contribution in [2.45, 2.75) is 12.5 Å². The summed E-state index contributed by atoms with van der Waals surface area (Å²) in [6.07, 6.45) is 0.281. The Hall–Kier alpha value is -1.92. The highest BCUT2D eigenvalue weighted by Crippen LogP contribution is 2.02. The summed E-state index contributed by atoms with van der Waals surface area (Å²) in [7, 11) is 0. The highest BCUT2D eigenvalue weighted by atomic mass is 16.4. The zero-order valence-corrected chi connectivity index (χ0v) is 9.09. The van der Waals surface area contributed by atoms with E-state index in [9.17, 15) is 9.59 Å². The second-order valence-corrected chi connectivity index (χ2v) is 3.47. The predicted molar refractivity (Wildman–Crippen MR) is 60.3 cm³/mol. The quantitative estimate of drug-likeness (QED) is 0.493. The van der Waals surface area contributed by atoms with Crippen molar-refractivity contribution in [2.75, 3.05) is 6.54 Å². The lowest BCUT2D eigenvalue weighted by Crippen LogP contribution is -2.48. The molecule has 0 heterocycles. The summed E-state index contributed by atoms with van der Waals surface area (Å²) < 4.78 is 0. The van der Waals surface area contributed by atoms with Crippen molar-refractivity contribution in [2.24, 2.45) is 0 Å². The first-order valence-corrected chi connectivity index (χ1v) is 5.06. The minimum absolute atomic E-state index is 0.281. The SMILES string of the molecule is O=C(O)CNN[C@@H](Cc1ccccc1)C(=O)O. The first-order chi connectivity index (χ1) is 8.09. The molecule has 6 nitrogen and oxygen atoms in total. The van der Waals surface area contributed by atoms with Crippen LogP contribution in [0.3, 0.4) is 0 Å². The van der Waals surface area contributed by atoms with Crippen LogP contribution in [0, 0.1) is 0 Å². The monoisotopic (exact) mass is 238 g/mol. The molecule has 0 saturated carbocycles. The van der Waals surface area contributed by atoms with E-state index in [1.54, 1.807) is 0 Å². The number of benzene rings is 1. The van der Waals surface area contributed by atoms with E-state index in [1.165, 1.54) is 0 Å². The molecule has 0 radical (unpaired) electrons. The molecule has 0 amide bonds. The Labute approximate surface area is 98.2 Å². The maximum absolute atomic E-state index is 10.9.